The van der Waals surface area contributed by atoms with Gasteiger partial charge < -0.3 is 0 Å². The Morgan fingerprint density at radius 3 is 2.31 bits per heavy atom. The van der Waals surface area contributed by atoms with Crippen molar-refractivity contribution in [2.24, 2.45) is 11.3 Å². The third kappa shape index (κ3) is 2.08. The fourth-order valence-electron chi connectivity index (χ4n) is 3.00. The van der Waals surface area contributed by atoms with Crippen LogP contribution in [0.15, 0.2) is 0 Å². The molecule has 0 unspecified atom stereocenters. The van der Waals surface area contributed by atoms with Crippen LogP contribution < -0.4 is 0 Å². The monoisotopic (exact) mass is 180 g/mol. The van der Waals surface area contributed by atoms with Crippen molar-refractivity contribution in [3.63, 3.8) is 0 Å². The van der Waals surface area contributed by atoms with Crippen LogP contribution in [0.1, 0.15) is 71.1 Å². The largest absolute Gasteiger partial charge is 0.0649 e. The maximum Gasteiger partial charge on any atom is -0.0300 e. The van der Waals surface area contributed by atoms with Gasteiger partial charge in [-0.2, -0.15) is 0 Å². The van der Waals surface area contributed by atoms with Crippen LogP contribution in [0.25, 0.3) is 0 Å². The van der Waals surface area contributed by atoms with E-state index in [0.29, 0.717) is 0 Å². The van der Waals surface area contributed by atoms with Crippen LogP contribution in [0.2, 0.25) is 0 Å². The van der Waals surface area contributed by atoms with Crippen LogP contribution in [0.4, 0.5) is 0 Å². The summed E-state index contributed by atoms with van der Waals surface area (Å²) in [7, 11) is 0. The van der Waals surface area contributed by atoms with E-state index >= 15 is 0 Å². The molecule has 2 aliphatic rings. The molecule has 0 aromatic carbocycles. The number of rotatable bonds is 5. The molecule has 0 amide bonds. The van der Waals surface area contributed by atoms with E-state index in [0.717, 1.165) is 11.3 Å². The molecule has 2 aliphatic carbocycles. The Balaban J connectivity index is 1.60. The van der Waals surface area contributed by atoms with Crippen molar-refractivity contribution in [2.45, 2.75) is 71.1 Å². The Hall–Kier alpha value is 0. The summed E-state index contributed by atoms with van der Waals surface area (Å²) in [6.07, 6.45) is 15.2. The Labute approximate surface area is 83.1 Å². The minimum atomic E-state index is 0.823. The summed E-state index contributed by atoms with van der Waals surface area (Å²) in [6, 6.07) is 0. The van der Waals surface area contributed by atoms with Gasteiger partial charge in [-0.15, -0.1) is 0 Å². The van der Waals surface area contributed by atoms with Crippen LogP contribution in [0.5, 0.6) is 0 Å². The summed E-state index contributed by atoms with van der Waals surface area (Å²) < 4.78 is 0. The molecule has 0 saturated heterocycles. The topological polar surface area (TPSA) is 0 Å². The highest BCUT2D eigenvalue weighted by atomic mass is 14.4. The van der Waals surface area contributed by atoms with Gasteiger partial charge in [0.1, 0.15) is 0 Å². The fourth-order valence-corrected chi connectivity index (χ4v) is 3.00. The van der Waals surface area contributed by atoms with Crippen LogP contribution in [-0.4, -0.2) is 0 Å². The molecule has 0 heterocycles. The van der Waals surface area contributed by atoms with E-state index in [1.807, 2.05) is 0 Å². The normalized spacial score (nSPS) is 26.5. The smallest absolute Gasteiger partial charge is 0.0300 e. The van der Waals surface area contributed by atoms with E-state index in [4.69, 9.17) is 0 Å². The highest BCUT2D eigenvalue weighted by Crippen LogP contribution is 2.48. The summed E-state index contributed by atoms with van der Waals surface area (Å²) in [5.74, 6) is 1.13. The molecule has 0 aromatic rings. The zero-order valence-electron chi connectivity index (χ0n) is 9.15. The van der Waals surface area contributed by atoms with Gasteiger partial charge in [-0.3, -0.25) is 0 Å². The quantitative estimate of drug-likeness (QED) is 0.583. The van der Waals surface area contributed by atoms with E-state index in [1.165, 1.54) is 38.5 Å². The predicted molar refractivity (Wildman–Crippen MR) is 57.8 cm³/mol. The number of hydrogen-bond acceptors (Lipinski definition) is 0. The van der Waals surface area contributed by atoms with Gasteiger partial charge >= 0.3 is 0 Å². The van der Waals surface area contributed by atoms with E-state index in [1.54, 1.807) is 25.7 Å². The second kappa shape index (κ2) is 4.02. The van der Waals surface area contributed by atoms with Crippen molar-refractivity contribution in [1.82, 2.24) is 0 Å². The maximum atomic E-state index is 2.39. The Kier molecular flexibility index (Phi) is 2.96. The molecule has 2 saturated carbocycles. The van der Waals surface area contributed by atoms with Crippen molar-refractivity contribution in [3.05, 3.63) is 0 Å². The first kappa shape index (κ1) is 9.55. The lowest BCUT2D eigenvalue weighted by molar-refractivity contribution is 0.104. The molecular weight excluding hydrogens is 156 g/mol. The van der Waals surface area contributed by atoms with Crippen molar-refractivity contribution >= 4 is 0 Å². The Morgan fingerprint density at radius 1 is 1.15 bits per heavy atom. The van der Waals surface area contributed by atoms with Gasteiger partial charge in [0.05, 0.1) is 0 Å². The predicted octanol–water partition coefficient (Wildman–Crippen LogP) is 4.54. The standard InChI is InChI=1S/C13H24/c1-2-13(10-5-11-13)9-4-8-12-6-3-7-12/h12H,2-11H2,1H3. The molecule has 2 fully saturated rings. The molecular formula is C13H24. The second-order valence-electron chi connectivity index (χ2n) is 5.40. The lowest BCUT2D eigenvalue weighted by Crippen LogP contribution is -2.28. The van der Waals surface area contributed by atoms with Crippen LogP contribution in [-0.2, 0) is 0 Å². The van der Waals surface area contributed by atoms with E-state index in [2.05, 4.69) is 6.92 Å². The average molecular weight is 180 g/mol. The minimum Gasteiger partial charge on any atom is -0.0649 e. The maximum absolute atomic E-state index is 2.39. The SMILES string of the molecule is CCC1(CCCC2CCC2)CCC1. The molecule has 0 bridgehead atoms. The van der Waals surface area contributed by atoms with Crippen molar-refractivity contribution in [2.75, 3.05) is 0 Å². The van der Waals surface area contributed by atoms with Crippen molar-refractivity contribution in [1.29, 1.82) is 0 Å². The third-order valence-electron chi connectivity index (χ3n) is 4.71. The molecule has 0 nitrogen and oxygen atoms in total. The molecule has 0 atom stereocenters. The average Bonchev–Trinajstić information content (AvgIpc) is 1.99. The summed E-state index contributed by atoms with van der Waals surface area (Å²) in [4.78, 5) is 0. The molecule has 0 radical (unpaired) electrons. The highest BCUT2D eigenvalue weighted by molar-refractivity contribution is 4.86. The lowest BCUT2D eigenvalue weighted by Gasteiger charge is -2.42. The Bertz CT molecular complexity index is 146. The van der Waals surface area contributed by atoms with Crippen molar-refractivity contribution < 1.29 is 0 Å². The van der Waals surface area contributed by atoms with Crippen molar-refractivity contribution in [3.8, 4) is 0 Å². The molecule has 13 heavy (non-hydrogen) atoms. The molecule has 0 heteroatoms. The fraction of sp³-hybridized carbons (Fsp3) is 1.00. The third-order valence-corrected chi connectivity index (χ3v) is 4.71. The van der Waals surface area contributed by atoms with Gasteiger partial charge in [0, 0.05) is 0 Å². The van der Waals surface area contributed by atoms with Gasteiger partial charge in [0.25, 0.3) is 0 Å². The van der Waals surface area contributed by atoms with E-state index < -0.39 is 0 Å². The highest BCUT2D eigenvalue weighted by Gasteiger charge is 2.34. The lowest BCUT2D eigenvalue weighted by atomic mass is 9.64. The first-order chi connectivity index (χ1) is 6.35. The summed E-state index contributed by atoms with van der Waals surface area (Å²) in [5, 5.41) is 0. The minimum absolute atomic E-state index is 0.823. The molecule has 0 aromatic heterocycles. The van der Waals surface area contributed by atoms with E-state index in [9.17, 15) is 0 Å². The molecule has 0 aliphatic heterocycles. The van der Waals surface area contributed by atoms with Crippen LogP contribution in [0, 0.1) is 11.3 Å². The Morgan fingerprint density at radius 2 is 1.92 bits per heavy atom. The van der Waals surface area contributed by atoms with Gasteiger partial charge in [-0.1, -0.05) is 51.9 Å². The van der Waals surface area contributed by atoms with Crippen LogP contribution in [0.3, 0.4) is 0 Å². The first-order valence-corrected chi connectivity index (χ1v) is 6.35. The van der Waals surface area contributed by atoms with Gasteiger partial charge in [-0.05, 0) is 30.6 Å². The number of hydrogen-bond donors (Lipinski definition) is 0. The van der Waals surface area contributed by atoms with Gasteiger partial charge in [0.2, 0.25) is 0 Å². The zero-order valence-corrected chi connectivity index (χ0v) is 9.15. The summed E-state index contributed by atoms with van der Waals surface area (Å²) in [6.45, 7) is 2.39. The summed E-state index contributed by atoms with van der Waals surface area (Å²) in [5.41, 5.74) is 0.823. The van der Waals surface area contributed by atoms with E-state index in [-0.39, 0.29) is 0 Å². The van der Waals surface area contributed by atoms with Crippen LogP contribution >= 0.6 is 0 Å². The van der Waals surface area contributed by atoms with Gasteiger partial charge in [0.15, 0.2) is 0 Å². The molecule has 2 rings (SSSR count). The molecule has 76 valence electrons. The molecule has 0 N–H and O–H groups in total. The first-order valence-electron chi connectivity index (χ1n) is 6.35. The summed E-state index contributed by atoms with van der Waals surface area (Å²) >= 11 is 0. The zero-order chi connectivity index (χ0) is 9.15. The second-order valence-corrected chi connectivity index (χ2v) is 5.40. The molecule has 0 spiro atoms. The van der Waals surface area contributed by atoms with Gasteiger partial charge in [-0.25, -0.2) is 0 Å².